The zero-order chi connectivity index (χ0) is 27.2. The summed E-state index contributed by atoms with van der Waals surface area (Å²) in [5.41, 5.74) is 7.84. The summed E-state index contributed by atoms with van der Waals surface area (Å²) in [5, 5.41) is 4.60. The van der Waals surface area contributed by atoms with Gasteiger partial charge in [-0.15, -0.1) is 0 Å². The molecule has 2 aromatic carbocycles. The Morgan fingerprint density at radius 2 is 1.80 bits per heavy atom. The van der Waals surface area contributed by atoms with Gasteiger partial charge in [0, 0.05) is 84.5 Å². The van der Waals surface area contributed by atoms with E-state index in [9.17, 15) is 0 Å². The average Bonchev–Trinajstić information content (AvgIpc) is 3.67. The lowest BCUT2D eigenvalue weighted by molar-refractivity contribution is 0.213. The highest BCUT2D eigenvalue weighted by Crippen LogP contribution is 2.37. The van der Waals surface area contributed by atoms with Gasteiger partial charge < -0.3 is 14.8 Å². The lowest BCUT2D eigenvalue weighted by atomic mass is 10.1. The summed E-state index contributed by atoms with van der Waals surface area (Å²) in [7, 11) is 0. The summed E-state index contributed by atoms with van der Waals surface area (Å²) >= 11 is 0. The number of aryl methyl sites for hydroxylation is 1. The number of rotatable bonds is 7. The number of likely N-dealkylation sites (tertiary alicyclic amines) is 1. The highest BCUT2D eigenvalue weighted by atomic mass is 15.4. The van der Waals surface area contributed by atoms with Crippen LogP contribution in [0.1, 0.15) is 25.8 Å². The van der Waals surface area contributed by atoms with Gasteiger partial charge in [0.15, 0.2) is 0 Å². The van der Waals surface area contributed by atoms with Crippen molar-refractivity contribution in [1.29, 1.82) is 0 Å². The third kappa shape index (κ3) is 4.60. The number of hydrogen-bond acceptors (Lipinski definition) is 6. The van der Waals surface area contributed by atoms with Crippen molar-refractivity contribution >= 4 is 28.2 Å². The number of anilines is 3. The van der Waals surface area contributed by atoms with Crippen LogP contribution in [0.2, 0.25) is 0 Å². The van der Waals surface area contributed by atoms with E-state index in [1.165, 1.54) is 30.8 Å². The van der Waals surface area contributed by atoms with E-state index in [0.29, 0.717) is 18.0 Å². The third-order valence-corrected chi connectivity index (χ3v) is 8.30. The van der Waals surface area contributed by atoms with Gasteiger partial charge >= 0.3 is 0 Å². The Balaban J connectivity index is 1.07. The molecule has 2 saturated heterocycles. The van der Waals surface area contributed by atoms with Gasteiger partial charge in [0.05, 0.1) is 11.2 Å². The van der Waals surface area contributed by atoms with Crippen LogP contribution in [0.4, 0.5) is 17.3 Å². The molecule has 40 heavy (non-hydrogen) atoms. The number of hydrogen-bond donors (Lipinski definition) is 1. The number of aromatic nitrogens is 4. The van der Waals surface area contributed by atoms with Gasteiger partial charge in [-0.2, -0.15) is 0 Å². The van der Waals surface area contributed by atoms with Crippen LogP contribution in [0.3, 0.4) is 0 Å². The molecule has 2 bridgehead atoms. The first-order chi connectivity index (χ1) is 19.5. The van der Waals surface area contributed by atoms with Crippen LogP contribution in [0, 0.1) is 12.8 Å². The maximum absolute atomic E-state index is 4.85. The quantitative estimate of drug-likeness (QED) is 0.261. The Hall–Kier alpha value is -4.23. The van der Waals surface area contributed by atoms with E-state index in [-0.39, 0.29) is 0 Å². The molecular weight excluding hydrogens is 494 g/mol. The Bertz CT molecular complexity index is 1660. The fraction of sp³-hybridized carbons (Fsp3) is 0.303. The molecule has 2 aliphatic rings. The smallest absolute Gasteiger partial charge is 0.227 e. The first-order valence-electron chi connectivity index (χ1n) is 14.2. The SMILES string of the molecule is Cc1cc(Nc2nccc(-c3ccc4c(ccn4-c4ccncc4)c3)n2)ccc1N1C[C@@H]2C[C@H]1CN2CC(C)C. The second kappa shape index (κ2) is 10.1. The number of nitrogens with one attached hydrogen (secondary N) is 1. The summed E-state index contributed by atoms with van der Waals surface area (Å²) < 4.78 is 2.18. The molecule has 202 valence electrons. The second-order valence-corrected chi connectivity index (χ2v) is 11.6. The van der Waals surface area contributed by atoms with Crippen LogP contribution in [0.25, 0.3) is 27.8 Å². The predicted molar refractivity (Wildman–Crippen MR) is 163 cm³/mol. The van der Waals surface area contributed by atoms with Gasteiger partial charge in [0.25, 0.3) is 0 Å². The van der Waals surface area contributed by atoms with E-state index in [0.717, 1.165) is 46.0 Å². The first kappa shape index (κ1) is 24.8. The number of piperazine rings is 1. The molecule has 0 spiro atoms. The zero-order valence-corrected chi connectivity index (χ0v) is 23.3. The number of nitrogens with zero attached hydrogens (tertiary/aromatic N) is 6. The molecule has 0 amide bonds. The predicted octanol–water partition coefficient (Wildman–Crippen LogP) is 6.45. The highest BCUT2D eigenvalue weighted by molar-refractivity contribution is 5.86. The largest absolute Gasteiger partial charge is 0.365 e. The molecular formula is C33H35N7. The van der Waals surface area contributed by atoms with E-state index in [1.807, 2.05) is 36.8 Å². The number of benzene rings is 2. The van der Waals surface area contributed by atoms with Gasteiger partial charge in [0.1, 0.15) is 0 Å². The fourth-order valence-corrected chi connectivity index (χ4v) is 6.53. The van der Waals surface area contributed by atoms with E-state index in [4.69, 9.17) is 4.98 Å². The molecule has 7 rings (SSSR count). The second-order valence-electron chi connectivity index (χ2n) is 11.6. The number of pyridine rings is 1. The van der Waals surface area contributed by atoms with Crippen LogP contribution >= 0.6 is 0 Å². The first-order valence-corrected chi connectivity index (χ1v) is 14.2. The molecule has 2 fully saturated rings. The number of fused-ring (bicyclic) bond motifs is 3. The van der Waals surface area contributed by atoms with Crippen molar-refractivity contribution in [3.05, 3.63) is 91.0 Å². The Morgan fingerprint density at radius 3 is 2.58 bits per heavy atom. The molecule has 7 heteroatoms. The summed E-state index contributed by atoms with van der Waals surface area (Å²) in [6.07, 6.45) is 8.83. The lowest BCUT2D eigenvalue weighted by Gasteiger charge is -2.37. The Kier molecular flexibility index (Phi) is 6.24. The van der Waals surface area contributed by atoms with Gasteiger partial charge in [-0.05, 0) is 79.4 Å². The molecule has 2 atom stereocenters. The summed E-state index contributed by atoms with van der Waals surface area (Å²) in [5.74, 6) is 1.33. The van der Waals surface area contributed by atoms with E-state index < -0.39 is 0 Å². The Morgan fingerprint density at radius 1 is 0.925 bits per heavy atom. The summed E-state index contributed by atoms with van der Waals surface area (Å²) in [6.45, 7) is 10.4. The molecule has 5 aromatic rings. The van der Waals surface area contributed by atoms with Gasteiger partial charge in [0.2, 0.25) is 5.95 Å². The molecule has 3 aromatic heterocycles. The van der Waals surface area contributed by atoms with Gasteiger partial charge in [-0.1, -0.05) is 19.9 Å². The van der Waals surface area contributed by atoms with E-state index in [1.54, 1.807) is 0 Å². The average molecular weight is 530 g/mol. The van der Waals surface area contributed by atoms with Crippen molar-refractivity contribution < 1.29 is 0 Å². The van der Waals surface area contributed by atoms with Crippen molar-refractivity contribution in [3.63, 3.8) is 0 Å². The van der Waals surface area contributed by atoms with E-state index in [2.05, 4.69) is 99.1 Å². The normalized spacial score (nSPS) is 18.8. The summed E-state index contributed by atoms with van der Waals surface area (Å²) in [4.78, 5) is 18.8. The molecule has 1 N–H and O–H groups in total. The summed E-state index contributed by atoms with van der Waals surface area (Å²) in [6, 6.07) is 22.5. The highest BCUT2D eigenvalue weighted by Gasteiger charge is 2.43. The topological polar surface area (TPSA) is 62.1 Å². The minimum atomic E-state index is 0.601. The van der Waals surface area contributed by atoms with Crippen molar-refractivity contribution in [3.8, 4) is 16.9 Å². The van der Waals surface area contributed by atoms with Crippen LogP contribution in [-0.2, 0) is 0 Å². The zero-order valence-electron chi connectivity index (χ0n) is 23.3. The van der Waals surface area contributed by atoms with Crippen LogP contribution in [-0.4, -0.2) is 56.1 Å². The minimum absolute atomic E-state index is 0.601. The van der Waals surface area contributed by atoms with Crippen LogP contribution in [0.15, 0.2) is 85.5 Å². The van der Waals surface area contributed by atoms with Crippen LogP contribution in [0.5, 0.6) is 0 Å². The van der Waals surface area contributed by atoms with Crippen molar-refractivity contribution in [2.24, 2.45) is 5.92 Å². The molecule has 5 heterocycles. The minimum Gasteiger partial charge on any atom is -0.365 e. The molecule has 2 aliphatic heterocycles. The molecule has 0 unspecified atom stereocenters. The molecule has 0 aliphatic carbocycles. The third-order valence-electron chi connectivity index (χ3n) is 8.30. The van der Waals surface area contributed by atoms with Gasteiger partial charge in [-0.25, -0.2) is 9.97 Å². The standard InChI is InChI=1S/C33H35N7/c1-22(2)19-38-20-29-18-28(38)21-40(29)31-7-5-26(16-23(31)3)36-33-35-14-10-30(37-33)24-4-6-32-25(17-24)11-15-39(32)27-8-12-34-13-9-27/h4-17,22,28-29H,18-21H2,1-3H3,(H,35,36,37)/t28-,29-/m0/s1. The van der Waals surface area contributed by atoms with E-state index >= 15 is 0 Å². The molecule has 0 radical (unpaired) electrons. The van der Waals surface area contributed by atoms with Crippen LogP contribution < -0.4 is 10.2 Å². The fourth-order valence-electron chi connectivity index (χ4n) is 6.53. The monoisotopic (exact) mass is 529 g/mol. The van der Waals surface area contributed by atoms with Crippen molar-refractivity contribution in [1.82, 2.24) is 24.4 Å². The lowest BCUT2D eigenvalue weighted by Crippen LogP contribution is -2.47. The maximum Gasteiger partial charge on any atom is 0.227 e. The molecule has 0 saturated carbocycles. The maximum atomic E-state index is 4.85. The Labute approximate surface area is 235 Å². The van der Waals surface area contributed by atoms with Gasteiger partial charge in [-0.3, -0.25) is 9.88 Å². The van der Waals surface area contributed by atoms with Crippen molar-refractivity contribution in [2.45, 2.75) is 39.3 Å². The molecule has 7 nitrogen and oxygen atoms in total. The van der Waals surface area contributed by atoms with Crippen molar-refractivity contribution in [2.75, 3.05) is 29.9 Å².